The highest BCUT2D eigenvalue weighted by atomic mass is 16.6. The summed E-state index contributed by atoms with van der Waals surface area (Å²) in [6.45, 7) is 6.64. The maximum atomic E-state index is 12.2. The van der Waals surface area contributed by atoms with Crippen LogP contribution in [0, 0.1) is 17.8 Å². The van der Waals surface area contributed by atoms with Gasteiger partial charge in [-0.15, -0.1) is 0 Å². The third-order valence-electron chi connectivity index (χ3n) is 12.3. The van der Waals surface area contributed by atoms with Gasteiger partial charge in [-0.3, -0.25) is 0 Å². The summed E-state index contributed by atoms with van der Waals surface area (Å²) in [5.41, 5.74) is 3.73. The average Bonchev–Trinajstić information content (AvgIpc) is 3.32. The maximum absolute atomic E-state index is 12.2. The maximum Gasteiger partial charge on any atom is 0.338 e. The van der Waals surface area contributed by atoms with Gasteiger partial charge >= 0.3 is 35.8 Å². The monoisotopic (exact) mass is 906 g/mol. The fourth-order valence-corrected chi connectivity index (χ4v) is 8.30. The fraction of sp³-hybridized carbons (Fsp3) is 0.444. The molecule has 3 aromatic rings. The van der Waals surface area contributed by atoms with Gasteiger partial charge in [-0.25, -0.2) is 28.8 Å². The molecule has 3 aliphatic rings. The van der Waals surface area contributed by atoms with Gasteiger partial charge in [0.2, 0.25) is 0 Å². The lowest BCUT2D eigenvalue weighted by Gasteiger charge is -2.28. The van der Waals surface area contributed by atoms with E-state index in [4.69, 9.17) is 29.5 Å². The van der Waals surface area contributed by atoms with Crippen molar-refractivity contribution in [3.8, 4) is 0 Å². The van der Waals surface area contributed by atoms with Crippen LogP contribution in [0.5, 0.6) is 0 Å². The van der Waals surface area contributed by atoms with Crippen LogP contribution in [0.3, 0.4) is 0 Å². The summed E-state index contributed by atoms with van der Waals surface area (Å²) in [7, 11) is 0. The normalized spacial score (nSPS) is 21.7. The van der Waals surface area contributed by atoms with Crippen molar-refractivity contribution < 1.29 is 58.3 Å². The van der Waals surface area contributed by atoms with Crippen molar-refractivity contribution in [2.24, 2.45) is 17.8 Å². The summed E-state index contributed by atoms with van der Waals surface area (Å²) in [6, 6.07) is 20.3. The van der Waals surface area contributed by atoms with Crippen molar-refractivity contribution in [2.75, 3.05) is 0 Å². The predicted octanol–water partition coefficient (Wildman–Crippen LogP) is 11.7. The second-order valence-electron chi connectivity index (χ2n) is 17.5. The Morgan fingerprint density at radius 2 is 0.742 bits per heavy atom. The van der Waals surface area contributed by atoms with Gasteiger partial charge in [0, 0.05) is 18.2 Å². The first-order valence-electron chi connectivity index (χ1n) is 23.4. The van der Waals surface area contributed by atoms with Crippen molar-refractivity contribution >= 4 is 54.0 Å². The van der Waals surface area contributed by atoms with E-state index in [-0.39, 0.29) is 36.2 Å². The van der Waals surface area contributed by atoms with Crippen LogP contribution in [0.15, 0.2) is 91.0 Å². The molecule has 0 aromatic heterocycles. The Morgan fingerprint density at radius 3 is 1.02 bits per heavy atom. The van der Waals surface area contributed by atoms with Crippen LogP contribution < -0.4 is 0 Å². The minimum atomic E-state index is -0.995. The summed E-state index contributed by atoms with van der Waals surface area (Å²) >= 11 is 0. The molecule has 3 saturated carbocycles. The first-order valence-corrected chi connectivity index (χ1v) is 23.4. The smallest absolute Gasteiger partial charge is 0.338 e. The minimum absolute atomic E-state index is 0.0280. The van der Waals surface area contributed by atoms with Crippen LogP contribution >= 0.6 is 0 Å². The number of carboxylic acids is 3. The number of esters is 3. The molecule has 12 nitrogen and oxygen atoms in total. The molecule has 0 atom stereocenters. The zero-order valence-electron chi connectivity index (χ0n) is 38.5. The lowest BCUT2D eigenvalue weighted by atomic mass is 9.85. The molecule has 0 unspecified atom stereocenters. The summed E-state index contributed by atoms with van der Waals surface area (Å²) < 4.78 is 16.7. The number of carbonyl (C=O) groups is 6. The van der Waals surface area contributed by atoms with Crippen molar-refractivity contribution in [3.63, 3.8) is 0 Å². The van der Waals surface area contributed by atoms with Crippen molar-refractivity contribution in [1.82, 2.24) is 0 Å². The Bertz CT molecular complexity index is 2090. The molecule has 0 aliphatic heterocycles. The van der Waals surface area contributed by atoms with Gasteiger partial charge in [0.05, 0.1) is 16.7 Å². The van der Waals surface area contributed by atoms with Crippen LogP contribution in [0.1, 0.15) is 165 Å². The molecule has 0 saturated heterocycles. The second-order valence-corrected chi connectivity index (χ2v) is 17.5. The number of ether oxygens (including phenoxy) is 3. The largest absolute Gasteiger partial charge is 0.478 e. The van der Waals surface area contributed by atoms with Crippen LogP contribution in [0.2, 0.25) is 0 Å². The number of carboxylic acid groups (broad SMARTS) is 3. The minimum Gasteiger partial charge on any atom is -0.478 e. The van der Waals surface area contributed by atoms with Crippen molar-refractivity contribution in [2.45, 2.75) is 135 Å². The molecular weight excluding hydrogens is 841 g/mol. The molecule has 3 N–H and O–H groups in total. The number of hydrogen-bond acceptors (Lipinski definition) is 9. The molecule has 3 aliphatic carbocycles. The zero-order valence-corrected chi connectivity index (χ0v) is 38.5. The molecule has 66 heavy (non-hydrogen) atoms. The molecule has 12 heteroatoms. The quantitative estimate of drug-likeness (QED) is 0.0744. The lowest BCUT2D eigenvalue weighted by Crippen LogP contribution is -2.24. The Kier molecular flexibility index (Phi) is 22.1. The number of rotatable bonds is 15. The number of benzene rings is 3. The van der Waals surface area contributed by atoms with Gasteiger partial charge in [0.15, 0.2) is 0 Å². The highest BCUT2D eigenvalue weighted by Gasteiger charge is 2.25. The first kappa shape index (κ1) is 52.3. The third-order valence-corrected chi connectivity index (χ3v) is 12.3. The van der Waals surface area contributed by atoms with E-state index in [0.717, 1.165) is 130 Å². The third kappa shape index (κ3) is 19.4. The van der Waals surface area contributed by atoms with E-state index < -0.39 is 17.9 Å². The van der Waals surface area contributed by atoms with Crippen LogP contribution in [-0.2, 0) is 28.6 Å². The highest BCUT2D eigenvalue weighted by Crippen LogP contribution is 2.31. The number of aliphatic carboxylic acids is 3. The molecule has 0 amide bonds. The molecule has 0 heterocycles. The predicted molar refractivity (Wildman–Crippen MR) is 254 cm³/mol. The average molecular weight is 907 g/mol. The SMILES string of the molecule is CC1CCC(OC(=O)c2ccc(/C=C/C(=O)O)cc2)CC1.CCC1CCC(OC(=O)c2ccc(/C=C/C(=O)O)cc2)CC1.CCCC1CCC(OC(=O)c2ccc(/C=C/C(=O)O)cc2)CC1. The van der Waals surface area contributed by atoms with Crippen molar-refractivity contribution in [3.05, 3.63) is 124 Å². The van der Waals surface area contributed by atoms with Crippen LogP contribution in [-0.4, -0.2) is 69.4 Å². The van der Waals surface area contributed by atoms with Crippen LogP contribution in [0.25, 0.3) is 18.2 Å². The molecule has 6 rings (SSSR count). The summed E-state index contributed by atoms with van der Waals surface area (Å²) in [6.07, 6.45) is 23.9. The van der Waals surface area contributed by atoms with E-state index >= 15 is 0 Å². The Labute approximate surface area is 388 Å². The standard InChI is InChI=1S/C19H24O4.C18H22O4.C17H20O4/c1-2-3-14-6-11-17(12-7-14)23-19(22)16-9-4-15(5-10-16)8-13-18(20)21;1-2-13-5-10-16(11-6-13)22-18(21)15-8-3-14(4-9-15)7-12-17(19)20;1-12-2-9-15(10-3-12)21-17(20)14-7-4-13(5-8-14)6-11-16(18)19/h4-5,8-10,13-14,17H,2-3,6-7,11-12H2,1H3,(H,20,21);3-4,7-9,12-13,16H,2,5-6,10-11H2,1H3,(H,19,20);4-8,11-12,15H,2-3,9-10H2,1H3,(H,18,19)/b13-8+;12-7+;11-6+. The van der Waals surface area contributed by atoms with Gasteiger partial charge in [-0.05, 0) is 166 Å². The summed E-state index contributed by atoms with van der Waals surface area (Å²) in [5.74, 6) is -1.59. The highest BCUT2D eigenvalue weighted by molar-refractivity contribution is 5.92. The zero-order chi connectivity index (χ0) is 47.8. The second kappa shape index (κ2) is 27.9. The number of hydrogen-bond donors (Lipinski definition) is 3. The van der Waals surface area contributed by atoms with Gasteiger partial charge in [0.1, 0.15) is 18.3 Å². The van der Waals surface area contributed by atoms with E-state index in [1.165, 1.54) is 37.5 Å². The first-order chi connectivity index (χ1) is 31.7. The molecular formula is C54H66O12. The molecule has 0 radical (unpaired) electrons. The fourth-order valence-electron chi connectivity index (χ4n) is 8.30. The van der Waals surface area contributed by atoms with E-state index in [0.29, 0.717) is 16.7 Å². The molecule has 0 bridgehead atoms. The summed E-state index contributed by atoms with van der Waals surface area (Å²) in [4.78, 5) is 67.7. The van der Waals surface area contributed by atoms with E-state index in [1.807, 2.05) is 0 Å². The Balaban J connectivity index is 0.000000217. The molecule has 0 spiro atoms. The topological polar surface area (TPSA) is 191 Å². The van der Waals surface area contributed by atoms with Gasteiger partial charge < -0.3 is 29.5 Å². The Morgan fingerprint density at radius 1 is 0.455 bits per heavy atom. The number of carbonyl (C=O) groups excluding carboxylic acids is 3. The van der Waals surface area contributed by atoms with Gasteiger partial charge in [-0.1, -0.05) is 76.4 Å². The lowest BCUT2D eigenvalue weighted by molar-refractivity contribution is -0.132. The van der Waals surface area contributed by atoms with E-state index in [9.17, 15) is 28.8 Å². The van der Waals surface area contributed by atoms with E-state index in [2.05, 4.69) is 20.8 Å². The van der Waals surface area contributed by atoms with E-state index in [1.54, 1.807) is 72.8 Å². The van der Waals surface area contributed by atoms with Gasteiger partial charge in [-0.2, -0.15) is 0 Å². The van der Waals surface area contributed by atoms with Crippen LogP contribution in [0.4, 0.5) is 0 Å². The summed E-state index contributed by atoms with van der Waals surface area (Å²) in [5, 5.41) is 25.7. The Hall–Kier alpha value is -6.30. The molecule has 354 valence electrons. The molecule has 3 aromatic carbocycles. The van der Waals surface area contributed by atoms with Gasteiger partial charge in [0.25, 0.3) is 0 Å². The van der Waals surface area contributed by atoms with Crippen molar-refractivity contribution in [1.29, 1.82) is 0 Å². The molecule has 3 fully saturated rings.